The van der Waals surface area contributed by atoms with Crippen molar-refractivity contribution in [1.82, 2.24) is 4.90 Å². The predicted octanol–water partition coefficient (Wildman–Crippen LogP) is 2.23. The molecule has 1 aliphatic heterocycles. The molecular formula is C19H21N3O3. The third kappa shape index (κ3) is 3.14. The largest absolute Gasteiger partial charge is 0.327 e. The summed E-state index contributed by atoms with van der Waals surface area (Å²) in [5, 5.41) is 8.88. The van der Waals surface area contributed by atoms with Gasteiger partial charge in [0.2, 0.25) is 11.8 Å². The smallest absolute Gasteiger partial charge is 0.257 e. The molecule has 0 N–H and O–H groups in total. The molecule has 2 fully saturated rings. The maximum atomic E-state index is 12.9. The monoisotopic (exact) mass is 339 g/mol. The number of nitrogens with zero attached hydrogens (tertiary/aromatic N) is 3. The molecule has 6 nitrogen and oxygen atoms in total. The highest BCUT2D eigenvalue weighted by Crippen LogP contribution is 2.35. The number of nitriles is 1. The highest BCUT2D eigenvalue weighted by atomic mass is 16.2. The summed E-state index contributed by atoms with van der Waals surface area (Å²) in [7, 11) is 0. The van der Waals surface area contributed by atoms with Crippen LogP contribution in [0.1, 0.15) is 45.1 Å². The van der Waals surface area contributed by atoms with Gasteiger partial charge in [-0.15, -0.1) is 0 Å². The summed E-state index contributed by atoms with van der Waals surface area (Å²) in [6, 6.07) is 7.52. The molecule has 3 rings (SSSR count). The molecule has 1 saturated carbocycles. The van der Waals surface area contributed by atoms with Crippen molar-refractivity contribution in [2.75, 3.05) is 4.90 Å². The van der Waals surface area contributed by atoms with Gasteiger partial charge in [-0.3, -0.25) is 14.4 Å². The van der Waals surface area contributed by atoms with Crippen LogP contribution in [-0.4, -0.2) is 34.7 Å². The molecule has 25 heavy (non-hydrogen) atoms. The Kier molecular flexibility index (Phi) is 4.58. The Balaban J connectivity index is 1.87. The summed E-state index contributed by atoms with van der Waals surface area (Å²) in [5.41, 5.74) is 0.906. The second-order valence-corrected chi connectivity index (χ2v) is 6.72. The van der Waals surface area contributed by atoms with Crippen LogP contribution in [0.3, 0.4) is 0 Å². The molecular weight excluding hydrogens is 318 g/mol. The molecule has 2 aliphatic rings. The van der Waals surface area contributed by atoms with Crippen LogP contribution in [0.15, 0.2) is 24.3 Å². The summed E-state index contributed by atoms with van der Waals surface area (Å²) < 4.78 is 0. The van der Waals surface area contributed by atoms with Gasteiger partial charge in [-0.05, 0) is 50.5 Å². The molecule has 2 unspecified atom stereocenters. The molecule has 0 radical (unpaired) electrons. The van der Waals surface area contributed by atoms with Crippen LogP contribution in [0, 0.1) is 17.2 Å². The van der Waals surface area contributed by atoms with Gasteiger partial charge in [0.25, 0.3) is 5.91 Å². The molecule has 1 heterocycles. The van der Waals surface area contributed by atoms with Gasteiger partial charge in [0.15, 0.2) is 0 Å². The fraction of sp³-hybridized carbons (Fsp3) is 0.474. The Bertz CT molecular complexity index is 746. The maximum Gasteiger partial charge on any atom is 0.257 e. The van der Waals surface area contributed by atoms with Gasteiger partial charge in [-0.1, -0.05) is 6.92 Å². The van der Waals surface area contributed by atoms with Gasteiger partial charge in [-0.25, -0.2) is 4.90 Å². The van der Waals surface area contributed by atoms with Crippen LogP contribution in [0.25, 0.3) is 0 Å². The Hall–Kier alpha value is -2.68. The van der Waals surface area contributed by atoms with E-state index in [2.05, 4.69) is 0 Å². The number of imide groups is 1. The van der Waals surface area contributed by atoms with Gasteiger partial charge in [0.1, 0.15) is 6.04 Å². The topological polar surface area (TPSA) is 81.5 Å². The lowest BCUT2D eigenvalue weighted by molar-refractivity contribution is -0.141. The molecule has 130 valence electrons. The lowest BCUT2D eigenvalue weighted by Gasteiger charge is -2.33. The molecule has 0 aromatic heterocycles. The number of anilines is 1. The average Bonchev–Trinajstić information content (AvgIpc) is 3.42. The Morgan fingerprint density at radius 1 is 1.32 bits per heavy atom. The van der Waals surface area contributed by atoms with Gasteiger partial charge in [0, 0.05) is 12.0 Å². The number of carbonyl (C=O) groups is 3. The first-order chi connectivity index (χ1) is 12.0. The third-order valence-corrected chi connectivity index (χ3v) is 4.96. The van der Waals surface area contributed by atoms with Gasteiger partial charge >= 0.3 is 0 Å². The molecule has 1 saturated heterocycles. The average molecular weight is 339 g/mol. The predicted molar refractivity (Wildman–Crippen MR) is 91.4 cm³/mol. The normalized spacial score (nSPS) is 21.2. The van der Waals surface area contributed by atoms with Crippen LogP contribution in [-0.2, 0) is 14.4 Å². The first kappa shape index (κ1) is 17.2. The van der Waals surface area contributed by atoms with Crippen LogP contribution in [0.5, 0.6) is 0 Å². The molecule has 0 bridgehead atoms. The molecule has 1 aromatic carbocycles. The van der Waals surface area contributed by atoms with E-state index in [1.807, 2.05) is 19.9 Å². The number of hydrogen-bond donors (Lipinski definition) is 0. The lowest BCUT2D eigenvalue weighted by atomic mass is 10.1. The highest BCUT2D eigenvalue weighted by molar-refractivity contribution is 6.23. The van der Waals surface area contributed by atoms with Crippen molar-refractivity contribution in [3.05, 3.63) is 29.8 Å². The first-order valence-corrected chi connectivity index (χ1v) is 8.67. The summed E-state index contributed by atoms with van der Waals surface area (Å²) in [4.78, 5) is 40.8. The molecule has 1 aromatic rings. The van der Waals surface area contributed by atoms with Crippen molar-refractivity contribution >= 4 is 23.4 Å². The van der Waals surface area contributed by atoms with Crippen molar-refractivity contribution in [3.63, 3.8) is 0 Å². The second kappa shape index (κ2) is 6.67. The Morgan fingerprint density at radius 3 is 2.48 bits per heavy atom. The number of rotatable bonds is 5. The van der Waals surface area contributed by atoms with Crippen molar-refractivity contribution < 1.29 is 14.4 Å². The maximum absolute atomic E-state index is 12.9. The quantitative estimate of drug-likeness (QED) is 0.770. The van der Waals surface area contributed by atoms with Crippen LogP contribution in [0.2, 0.25) is 0 Å². The number of carbonyl (C=O) groups excluding carboxylic acids is 3. The second-order valence-electron chi connectivity index (χ2n) is 6.72. The molecule has 0 spiro atoms. The fourth-order valence-electron chi connectivity index (χ4n) is 3.21. The van der Waals surface area contributed by atoms with Crippen molar-refractivity contribution in [2.45, 2.75) is 51.6 Å². The van der Waals surface area contributed by atoms with E-state index in [1.54, 1.807) is 29.2 Å². The Labute approximate surface area is 147 Å². The zero-order valence-corrected chi connectivity index (χ0v) is 14.4. The SMILES string of the molecule is CCC(C)N(C(=O)C1CC1)C1CC(=O)N(c2ccc(C#N)cc2)C1=O. The number of benzene rings is 1. The van der Waals surface area contributed by atoms with Crippen molar-refractivity contribution in [3.8, 4) is 6.07 Å². The molecule has 2 atom stereocenters. The van der Waals surface area contributed by atoms with E-state index in [1.165, 1.54) is 0 Å². The van der Waals surface area contributed by atoms with Crippen LogP contribution < -0.4 is 4.90 Å². The van der Waals surface area contributed by atoms with E-state index in [4.69, 9.17) is 5.26 Å². The highest BCUT2D eigenvalue weighted by Gasteiger charge is 2.47. The summed E-state index contributed by atoms with van der Waals surface area (Å²) in [6.45, 7) is 3.89. The fourth-order valence-corrected chi connectivity index (χ4v) is 3.21. The zero-order chi connectivity index (χ0) is 18.1. The van der Waals surface area contributed by atoms with Gasteiger partial charge in [-0.2, -0.15) is 5.26 Å². The van der Waals surface area contributed by atoms with E-state index in [0.29, 0.717) is 11.3 Å². The summed E-state index contributed by atoms with van der Waals surface area (Å²) in [5.74, 6) is -0.677. The minimum atomic E-state index is -0.730. The van der Waals surface area contributed by atoms with E-state index in [0.717, 1.165) is 24.2 Å². The molecule has 3 amide bonds. The van der Waals surface area contributed by atoms with Crippen molar-refractivity contribution in [2.24, 2.45) is 5.92 Å². The standard InChI is InChI=1S/C19H21N3O3/c1-3-12(2)21(18(24)14-6-7-14)16-10-17(23)22(19(16)25)15-8-4-13(11-20)5-9-15/h4-5,8-9,12,14,16H,3,6-7,10H2,1-2H3. The Morgan fingerprint density at radius 2 is 1.96 bits per heavy atom. The third-order valence-electron chi connectivity index (χ3n) is 4.96. The zero-order valence-electron chi connectivity index (χ0n) is 14.4. The van der Waals surface area contributed by atoms with Gasteiger partial charge in [0.05, 0.1) is 23.7 Å². The van der Waals surface area contributed by atoms with Crippen LogP contribution >= 0.6 is 0 Å². The van der Waals surface area contributed by atoms with E-state index >= 15 is 0 Å². The molecule has 1 aliphatic carbocycles. The molecule has 6 heteroatoms. The summed E-state index contributed by atoms with van der Waals surface area (Å²) in [6.07, 6.45) is 2.47. The first-order valence-electron chi connectivity index (χ1n) is 8.67. The number of hydrogen-bond acceptors (Lipinski definition) is 4. The lowest BCUT2D eigenvalue weighted by Crippen LogP contribution is -2.50. The minimum Gasteiger partial charge on any atom is -0.327 e. The number of amides is 3. The van der Waals surface area contributed by atoms with E-state index in [-0.39, 0.29) is 36.1 Å². The van der Waals surface area contributed by atoms with E-state index in [9.17, 15) is 14.4 Å². The minimum absolute atomic E-state index is 0.000800. The van der Waals surface area contributed by atoms with Crippen molar-refractivity contribution in [1.29, 1.82) is 5.26 Å². The van der Waals surface area contributed by atoms with E-state index < -0.39 is 6.04 Å². The summed E-state index contributed by atoms with van der Waals surface area (Å²) >= 11 is 0. The van der Waals surface area contributed by atoms with Crippen LogP contribution in [0.4, 0.5) is 5.69 Å². The van der Waals surface area contributed by atoms with Gasteiger partial charge < -0.3 is 4.90 Å².